The summed E-state index contributed by atoms with van der Waals surface area (Å²) in [6.45, 7) is 1.23. The Balaban J connectivity index is 1.60. The number of likely N-dealkylation sites (N-methyl/N-ethyl adjacent to an activating group) is 1. The molecule has 2 aromatic heterocycles. The molecule has 1 fully saturated rings. The number of rotatable bonds is 6. The molecule has 0 bridgehead atoms. The first kappa shape index (κ1) is 18.3. The molecule has 0 spiro atoms. The molecule has 1 aliphatic heterocycles. The Morgan fingerprint density at radius 2 is 2.15 bits per heavy atom. The third-order valence-electron chi connectivity index (χ3n) is 4.70. The number of aromatic nitrogens is 5. The van der Waals surface area contributed by atoms with E-state index < -0.39 is 6.17 Å². The molecule has 2 atom stereocenters. The van der Waals surface area contributed by atoms with Crippen LogP contribution in [-0.2, 0) is 32.0 Å². The van der Waals surface area contributed by atoms with E-state index in [1.54, 1.807) is 29.9 Å². The monoisotopic (exact) mass is 365 g/mol. The number of carbonyl (C=O) groups is 1. The van der Waals surface area contributed by atoms with Gasteiger partial charge in [-0.15, -0.1) is 0 Å². The molecule has 26 heavy (non-hydrogen) atoms. The number of nitrogens with zero attached hydrogens (tertiary/aromatic N) is 7. The van der Waals surface area contributed by atoms with Crippen molar-refractivity contribution < 1.29 is 9.18 Å². The lowest BCUT2D eigenvalue weighted by Crippen LogP contribution is -2.42. The van der Waals surface area contributed by atoms with Gasteiger partial charge in [0.15, 0.2) is 0 Å². The van der Waals surface area contributed by atoms with E-state index in [2.05, 4.69) is 10.2 Å². The Hall–Kier alpha value is -2.49. The first-order valence-electron chi connectivity index (χ1n) is 8.51. The van der Waals surface area contributed by atoms with Crippen molar-refractivity contribution in [3.63, 3.8) is 0 Å². The van der Waals surface area contributed by atoms with Gasteiger partial charge in [0.1, 0.15) is 19.0 Å². The number of halogens is 1. The highest BCUT2D eigenvalue weighted by Crippen LogP contribution is 2.23. The molecule has 3 rings (SSSR count). The normalized spacial score (nSPS) is 20.6. The Morgan fingerprint density at radius 3 is 2.77 bits per heavy atom. The highest BCUT2D eigenvalue weighted by molar-refractivity contribution is 5.75. The van der Waals surface area contributed by atoms with Crippen LogP contribution in [0.3, 0.4) is 0 Å². The van der Waals surface area contributed by atoms with Crippen molar-refractivity contribution in [2.24, 2.45) is 14.1 Å². The van der Waals surface area contributed by atoms with Gasteiger partial charge in [-0.05, 0) is 6.42 Å². The standard InChI is InChI=1S/C16H24FN7O2/c1-20(15(25)10-24-16(26)21(2)11-19-24)9-14-4-13(17)8-23(14)7-12-5-18-22(3)6-12/h5-6,11,13-14H,4,7-10H2,1-3H3/t13-,14-/m0/s1. The second kappa shape index (κ2) is 7.40. The zero-order chi connectivity index (χ0) is 18.8. The highest BCUT2D eigenvalue weighted by Gasteiger charge is 2.33. The SMILES string of the molecule is CN(C[C@@H]1C[C@H](F)CN1Cc1cnn(C)c1)C(=O)Cn1ncn(C)c1=O. The molecule has 0 radical (unpaired) electrons. The first-order chi connectivity index (χ1) is 12.3. The van der Waals surface area contributed by atoms with Gasteiger partial charge in [0, 0.05) is 58.6 Å². The molecule has 10 heteroatoms. The van der Waals surface area contributed by atoms with Gasteiger partial charge < -0.3 is 4.90 Å². The van der Waals surface area contributed by atoms with Crippen LogP contribution in [0.2, 0.25) is 0 Å². The van der Waals surface area contributed by atoms with Gasteiger partial charge in [0.25, 0.3) is 0 Å². The highest BCUT2D eigenvalue weighted by atomic mass is 19.1. The minimum atomic E-state index is -0.904. The van der Waals surface area contributed by atoms with E-state index in [1.165, 1.54) is 10.9 Å². The van der Waals surface area contributed by atoms with Gasteiger partial charge in [-0.3, -0.25) is 18.9 Å². The first-order valence-corrected chi connectivity index (χ1v) is 8.51. The zero-order valence-electron chi connectivity index (χ0n) is 15.2. The van der Waals surface area contributed by atoms with Crippen molar-refractivity contribution in [2.45, 2.75) is 31.7 Å². The zero-order valence-corrected chi connectivity index (χ0v) is 15.2. The Labute approximate surface area is 150 Å². The largest absolute Gasteiger partial charge is 0.345 e. The average Bonchev–Trinajstić information content (AvgIpc) is 3.23. The molecule has 0 saturated carbocycles. The average molecular weight is 365 g/mol. The van der Waals surface area contributed by atoms with Crippen LogP contribution in [0.15, 0.2) is 23.5 Å². The van der Waals surface area contributed by atoms with Crippen molar-refractivity contribution in [1.82, 2.24) is 33.9 Å². The fraction of sp³-hybridized carbons (Fsp3) is 0.625. The summed E-state index contributed by atoms with van der Waals surface area (Å²) in [6.07, 6.45) is 4.53. The smallest absolute Gasteiger partial charge is 0.343 e. The summed E-state index contributed by atoms with van der Waals surface area (Å²) in [4.78, 5) is 27.8. The van der Waals surface area contributed by atoms with E-state index in [4.69, 9.17) is 0 Å². The van der Waals surface area contributed by atoms with Gasteiger partial charge >= 0.3 is 5.69 Å². The van der Waals surface area contributed by atoms with Crippen LogP contribution in [0.1, 0.15) is 12.0 Å². The number of alkyl halides is 1. The maximum Gasteiger partial charge on any atom is 0.345 e. The second-order valence-corrected chi connectivity index (χ2v) is 6.89. The molecule has 1 amide bonds. The van der Waals surface area contributed by atoms with E-state index in [0.717, 1.165) is 10.2 Å². The lowest BCUT2D eigenvalue weighted by Gasteiger charge is -2.28. The van der Waals surface area contributed by atoms with Gasteiger partial charge in [-0.2, -0.15) is 10.2 Å². The molecule has 142 valence electrons. The molecule has 0 aromatic carbocycles. The van der Waals surface area contributed by atoms with Crippen molar-refractivity contribution >= 4 is 5.91 Å². The summed E-state index contributed by atoms with van der Waals surface area (Å²) >= 11 is 0. The Bertz CT molecular complexity index is 827. The number of carbonyl (C=O) groups excluding carboxylic acids is 1. The number of hydrogen-bond acceptors (Lipinski definition) is 5. The molecule has 0 unspecified atom stereocenters. The van der Waals surface area contributed by atoms with Crippen molar-refractivity contribution in [1.29, 1.82) is 0 Å². The fourth-order valence-electron chi connectivity index (χ4n) is 3.29. The van der Waals surface area contributed by atoms with Crippen molar-refractivity contribution in [2.75, 3.05) is 20.1 Å². The van der Waals surface area contributed by atoms with E-state index in [0.29, 0.717) is 26.1 Å². The fourth-order valence-corrected chi connectivity index (χ4v) is 3.29. The molecule has 0 N–H and O–H groups in total. The summed E-state index contributed by atoms with van der Waals surface area (Å²) in [5, 5.41) is 8.03. The predicted octanol–water partition coefficient (Wildman–Crippen LogP) is -0.614. The maximum atomic E-state index is 14.0. The van der Waals surface area contributed by atoms with Crippen molar-refractivity contribution in [3.05, 3.63) is 34.8 Å². The number of likely N-dealkylation sites (tertiary alicyclic amines) is 1. The third-order valence-corrected chi connectivity index (χ3v) is 4.70. The number of hydrogen-bond donors (Lipinski definition) is 0. The van der Waals surface area contributed by atoms with Gasteiger partial charge in [-0.1, -0.05) is 0 Å². The van der Waals surface area contributed by atoms with Crippen LogP contribution in [0.5, 0.6) is 0 Å². The summed E-state index contributed by atoms with van der Waals surface area (Å²) < 4.78 is 18.1. The lowest BCUT2D eigenvalue weighted by atomic mass is 10.2. The van der Waals surface area contributed by atoms with Crippen LogP contribution in [0.25, 0.3) is 0 Å². The van der Waals surface area contributed by atoms with Gasteiger partial charge in [0.05, 0.1) is 6.20 Å². The Kier molecular flexibility index (Phi) is 5.21. The summed E-state index contributed by atoms with van der Waals surface area (Å²) in [6, 6.07) is -0.0698. The maximum absolute atomic E-state index is 14.0. The lowest BCUT2D eigenvalue weighted by molar-refractivity contribution is -0.131. The van der Waals surface area contributed by atoms with Crippen LogP contribution in [0.4, 0.5) is 4.39 Å². The van der Waals surface area contributed by atoms with Crippen LogP contribution >= 0.6 is 0 Å². The van der Waals surface area contributed by atoms with Crippen LogP contribution in [0, 0.1) is 0 Å². The third kappa shape index (κ3) is 4.01. The van der Waals surface area contributed by atoms with Crippen LogP contribution in [-0.4, -0.2) is 72.2 Å². The minimum Gasteiger partial charge on any atom is -0.343 e. The summed E-state index contributed by atoms with van der Waals surface area (Å²) in [7, 11) is 5.09. The summed E-state index contributed by atoms with van der Waals surface area (Å²) in [5.74, 6) is -0.227. The number of aryl methyl sites for hydroxylation is 2. The molecule has 0 aliphatic carbocycles. The second-order valence-electron chi connectivity index (χ2n) is 6.89. The van der Waals surface area contributed by atoms with E-state index in [1.807, 2.05) is 18.1 Å². The van der Waals surface area contributed by atoms with E-state index in [-0.39, 0.29) is 24.2 Å². The van der Waals surface area contributed by atoms with Crippen LogP contribution < -0.4 is 5.69 Å². The minimum absolute atomic E-state index is 0.0698. The molecular weight excluding hydrogens is 341 g/mol. The predicted molar refractivity (Wildman–Crippen MR) is 92.0 cm³/mol. The van der Waals surface area contributed by atoms with E-state index >= 15 is 0 Å². The van der Waals surface area contributed by atoms with Crippen molar-refractivity contribution in [3.8, 4) is 0 Å². The molecular formula is C16H24FN7O2. The quantitative estimate of drug-likeness (QED) is 0.682. The molecule has 9 nitrogen and oxygen atoms in total. The molecule has 1 aliphatic rings. The van der Waals surface area contributed by atoms with Gasteiger partial charge in [0.2, 0.25) is 5.91 Å². The van der Waals surface area contributed by atoms with Gasteiger partial charge in [-0.25, -0.2) is 13.9 Å². The summed E-state index contributed by atoms with van der Waals surface area (Å²) in [5.41, 5.74) is 0.676. The Morgan fingerprint density at radius 1 is 1.38 bits per heavy atom. The topological polar surface area (TPSA) is 81.2 Å². The molecule has 3 heterocycles. The van der Waals surface area contributed by atoms with E-state index in [9.17, 15) is 14.0 Å². The number of amides is 1. The molecule has 1 saturated heterocycles. The molecule has 2 aromatic rings.